The number of guanidine groups is 1. The number of nitrogens with one attached hydrogen (secondary N) is 1. The van der Waals surface area contributed by atoms with Gasteiger partial charge in [-0.3, -0.25) is 4.99 Å². The molecule has 1 aliphatic rings. The van der Waals surface area contributed by atoms with Gasteiger partial charge in [0.15, 0.2) is 5.96 Å². The molecule has 0 amide bonds. The van der Waals surface area contributed by atoms with Gasteiger partial charge in [-0.25, -0.2) is 17.1 Å². The van der Waals surface area contributed by atoms with Crippen LogP contribution >= 0.6 is 24.0 Å². The van der Waals surface area contributed by atoms with E-state index in [9.17, 15) is 12.8 Å². The molecule has 2 unspecified atom stereocenters. The molecule has 7 nitrogen and oxygen atoms in total. The molecule has 0 aromatic heterocycles. The van der Waals surface area contributed by atoms with Crippen molar-refractivity contribution in [2.75, 3.05) is 46.0 Å². The van der Waals surface area contributed by atoms with Gasteiger partial charge in [0, 0.05) is 33.2 Å². The number of aliphatic imine (C=N–C) groups is 1. The van der Waals surface area contributed by atoms with Gasteiger partial charge in [0.25, 0.3) is 0 Å². The maximum Gasteiger partial charge on any atom is 0.211 e. The number of ether oxygens (including phenoxy) is 1. The molecule has 0 saturated carbocycles. The van der Waals surface area contributed by atoms with Crippen molar-refractivity contribution in [3.63, 3.8) is 0 Å². The summed E-state index contributed by atoms with van der Waals surface area (Å²) in [4.78, 5) is 6.48. The molecule has 0 radical (unpaired) electrons. The first kappa shape index (κ1) is 26.1. The summed E-state index contributed by atoms with van der Waals surface area (Å²) in [5.41, 5.74) is 0.931. The highest BCUT2D eigenvalue weighted by Gasteiger charge is 2.28. The van der Waals surface area contributed by atoms with Crippen molar-refractivity contribution < 1.29 is 17.5 Å². The van der Waals surface area contributed by atoms with E-state index in [0.717, 1.165) is 11.5 Å². The van der Waals surface area contributed by atoms with Crippen LogP contribution in [-0.4, -0.2) is 75.7 Å². The average Bonchev–Trinajstić information content (AvgIpc) is 2.63. The lowest BCUT2D eigenvalue weighted by Crippen LogP contribution is -2.51. The fourth-order valence-electron chi connectivity index (χ4n) is 3.33. The largest absolute Gasteiger partial charge is 0.367 e. The Labute approximate surface area is 190 Å². The molecule has 1 fully saturated rings. The van der Waals surface area contributed by atoms with Crippen molar-refractivity contribution in [3.8, 4) is 0 Å². The van der Waals surface area contributed by atoms with Crippen LogP contribution in [0.3, 0.4) is 0 Å². The number of nitrogens with zero attached hydrogens (tertiary/aromatic N) is 3. The summed E-state index contributed by atoms with van der Waals surface area (Å²) in [7, 11) is -1.44. The molecule has 1 heterocycles. The molecule has 0 aliphatic carbocycles. The third-order valence-corrected chi connectivity index (χ3v) is 6.08. The Bertz CT molecular complexity index is 761. The Hall–Kier alpha value is -0.980. The number of rotatable bonds is 7. The van der Waals surface area contributed by atoms with E-state index in [4.69, 9.17) is 4.74 Å². The van der Waals surface area contributed by atoms with E-state index in [0.29, 0.717) is 39.1 Å². The Kier molecular flexibility index (Phi) is 10.8. The normalized spacial score (nSPS) is 20.5. The minimum Gasteiger partial charge on any atom is -0.367 e. The molecular weight excluding hydrogens is 510 g/mol. The lowest BCUT2D eigenvalue weighted by molar-refractivity contribution is -0.0605. The summed E-state index contributed by atoms with van der Waals surface area (Å²) in [5.74, 6) is 0.488. The highest BCUT2D eigenvalue weighted by atomic mass is 127. The van der Waals surface area contributed by atoms with E-state index in [1.54, 1.807) is 19.2 Å². The average molecular weight is 542 g/mol. The summed E-state index contributed by atoms with van der Waals surface area (Å²) in [6.45, 7) is 6.69. The summed E-state index contributed by atoms with van der Waals surface area (Å²) < 4.78 is 44.0. The van der Waals surface area contributed by atoms with E-state index >= 15 is 0 Å². The second kappa shape index (κ2) is 12.0. The smallest absolute Gasteiger partial charge is 0.211 e. The molecule has 29 heavy (non-hydrogen) atoms. The molecule has 0 bridgehead atoms. The van der Waals surface area contributed by atoms with Gasteiger partial charge in [0.05, 0.1) is 18.9 Å². The SMILES string of the molecule is CCN(CCCNC(=NC)N1CC(C)OC(c2ccc(F)cc2)C1)S(C)(=O)=O.I. The number of halogens is 2. The van der Waals surface area contributed by atoms with Crippen LogP contribution in [-0.2, 0) is 14.8 Å². The summed E-state index contributed by atoms with van der Waals surface area (Å²) in [6, 6.07) is 6.38. The quantitative estimate of drug-likeness (QED) is 0.248. The van der Waals surface area contributed by atoms with Crippen LogP contribution in [0.5, 0.6) is 0 Å². The zero-order valence-electron chi connectivity index (χ0n) is 17.5. The minimum absolute atomic E-state index is 0. The Balaban J connectivity index is 0.00000420. The van der Waals surface area contributed by atoms with Crippen molar-refractivity contribution in [2.45, 2.75) is 32.5 Å². The van der Waals surface area contributed by atoms with Crippen LogP contribution in [0.2, 0.25) is 0 Å². The maximum atomic E-state index is 13.2. The molecule has 1 N–H and O–H groups in total. The fourth-order valence-corrected chi connectivity index (χ4v) is 4.26. The highest BCUT2D eigenvalue weighted by Crippen LogP contribution is 2.25. The first-order chi connectivity index (χ1) is 13.2. The second-order valence-corrected chi connectivity index (χ2v) is 8.96. The number of hydrogen-bond donors (Lipinski definition) is 1. The first-order valence-electron chi connectivity index (χ1n) is 9.56. The first-order valence-corrected chi connectivity index (χ1v) is 11.4. The molecule has 1 aromatic carbocycles. The Morgan fingerprint density at radius 2 is 2.00 bits per heavy atom. The van der Waals surface area contributed by atoms with Crippen LogP contribution < -0.4 is 5.32 Å². The topological polar surface area (TPSA) is 74.2 Å². The van der Waals surface area contributed by atoms with Gasteiger partial charge >= 0.3 is 0 Å². The fraction of sp³-hybridized carbons (Fsp3) is 0.632. The van der Waals surface area contributed by atoms with Gasteiger partial charge < -0.3 is 15.0 Å². The van der Waals surface area contributed by atoms with Crippen LogP contribution in [0, 0.1) is 5.82 Å². The Morgan fingerprint density at radius 3 is 2.55 bits per heavy atom. The second-order valence-electron chi connectivity index (χ2n) is 6.97. The van der Waals surface area contributed by atoms with Gasteiger partial charge in [-0.2, -0.15) is 0 Å². The summed E-state index contributed by atoms with van der Waals surface area (Å²) in [5, 5.41) is 3.31. The van der Waals surface area contributed by atoms with Crippen LogP contribution in [0.15, 0.2) is 29.3 Å². The van der Waals surface area contributed by atoms with Crippen LogP contribution in [0.1, 0.15) is 31.9 Å². The third-order valence-electron chi connectivity index (χ3n) is 4.70. The number of morpholine rings is 1. The molecular formula is C19H32FIN4O3S. The minimum atomic E-state index is -3.17. The number of benzene rings is 1. The van der Waals surface area contributed by atoms with Gasteiger partial charge in [-0.15, -0.1) is 24.0 Å². The van der Waals surface area contributed by atoms with Gasteiger partial charge in [-0.1, -0.05) is 19.1 Å². The van der Waals surface area contributed by atoms with Crippen molar-refractivity contribution in [1.82, 2.24) is 14.5 Å². The standard InChI is InChI=1S/C19H31FN4O3S.HI/c1-5-24(28(4,25)26)12-6-11-22-19(21-3)23-13-15(2)27-18(14-23)16-7-9-17(20)10-8-16;/h7-10,15,18H,5-6,11-14H2,1-4H3,(H,21,22);1H. The number of hydrogen-bond acceptors (Lipinski definition) is 4. The summed E-state index contributed by atoms with van der Waals surface area (Å²) >= 11 is 0. The lowest BCUT2D eigenvalue weighted by atomic mass is 10.1. The van der Waals surface area contributed by atoms with Crippen molar-refractivity contribution in [1.29, 1.82) is 0 Å². The number of sulfonamides is 1. The highest BCUT2D eigenvalue weighted by molar-refractivity contribution is 14.0. The van der Waals surface area contributed by atoms with Crippen molar-refractivity contribution in [2.24, 2.45) is 4.99 Å². The van der Waals surface area contributed by atoms with Crippen molar-refractivity contribution >= 4 is 40.0 Å². The van der Waals surface area contributed by atoms with E-state index < -0.39 is 10.0 Å². The lowest BCUT2D eigenvalue weighted by Gasteiger charge is -2.38. The predicted octanol–water partition coefficient (Wildman–Crippen LogP) is 2.45. The molecule has 1 saturated heterocycles. The van der Waals surface area contributed by atoms with Gasteiger partial charge in [-0.05, 0) is 31.0 Å². The van der Waals surface area contributed by atoms with E-state index in [1.807, 2.05) is 13.8 Å². The monoisotopic (exact) mass is 542 g/mol. The van der Waals surface area contributed by atoms with E-state index in [-0.39, 0.29) is 42.0 Å². The Morgan fingerprint density at radius 1 is 1.34 bits per heavy atom. The molecule has 0 spiro atoms. The van der Waals surface area contributed by atoms with Gasteiger partial charge in [0.2, 0.25) is 10.0 Å². The molecule has 2 atom stereocenters. The van der Waals surface area contributed by atoms with Crippen molar-refractivity contribution in [3.05, 3.63) is 35.6 Å². The van der Waals surface area contributed by atoms with Crippen LogP contribution in [0.4, 0.5) is 4.39 Å². The van der Waals surface area contributed by atoms with Crippen LogP contribution in [0.25, 0.3) is 0 Å². The molecule has 2 rings (SSSR count). The zero-order chi connectivity index (χ0) is 20.7. The molecule has 166 valence electrons. The van der Waals surface area contributed by atoms with E-state index in [1.165, 1.54) is 22.7 Å². The molecule has 1 aliphatic heterocycles. The zero-order valence-corrected chi connectivity index (χ0v) is 20.6. The molecule has 10 heteroatoms. The maximum absolute atomic E-state index is 13.2. The predicted molar refractivity (Wildman–Crippen MR) is 125 cm³/mol. The van der Waals surface area contributed by atoms with E-state index in [2.05, 4.69) is 15.2 Å². The van der Waals surface area contributed by atoms with Gasteiger partial charge in [0.1, 0.15) is 11.9 Å². The molecule has 1 aromatic rings. The summed E-state index contributed by atoms with van der Waals surface area (Å²) in [6.07, 6.45) is 1.75. The third kappa shape index (κ3) is 7.99.